The van der Waals surface area contributed by atoms with Crippen LogP contribution in [0.25, 0.3) is 0 Å². The summed E-state index contributed by atoms with van der Waals surface area (Å²) >= 11 is 0. The number of hydrogen-bond donors (Lipinski definition) is 0. The molecule has 0 spiro atoms. The van der Waals surface area contributed by atoms with Gasteiger partial charge < -0.3 is 14.2 Å². The number of ketones is 2. The largest absolute Gasteiger partial charge is 0.496 e. The van der Waals surface area contributed by atoms with Gasteiger partial charge in [-0.05, 0) is 30.3 Å². The number of benzene rings is 3. The molecule has 0 atom stereocenters. The number of esters is 1. The second kappa shape index (κ2) is 7.24. The Morgan fingerprint density at radius 3 is 1.90 bits per heavy atom. The Hall–Kier alpha value is -3.93. The molecule has 0 amide bonds. The van der Waals surface area contributed by atoms with E-state index < -0.39 is 17.5 Å². The van der Waals surface area contributed by atoms with Crippen molar-refractivity contribution < 1.29 is 28.6 Å². The van der Waals surface area contributed by atoms with Crippen LogP contribution in [0.3, 0.4) is 0 Å². The molecule has 29 heavy (non-hydrogen) atoms. The van der Waals surface area contributed by atoms with Gasteiger partial charge in [0.05, 0.1) is 36.5 Å². The summed E-state index contributed by atoms with van der Waals surface area (Å²) in [5.41, 5.74) is 0.732. The fourth-order valence-corrected chi connectivity index (χ4v) is 3.39. The lowest BCUT2D eigenvalue weighted by Gasteiger charge is -2.23. The van der Waals surface area contributed by atoms with Crippen molar-refractivity contribution in [3.63, 3.8) is 0 Å². The molecule has 144 valence electrons. The van der Waals surface area contributed by atoms with Crippen LogP contribution < -0.4 is 14.2 Å². The van der Waals surface area contributed by atoms with Gasteiger partial charge in [-0.25, -0.2) is 4.79 Å². The Bertz CT molecular complexity index is 1150. The molecule has 0 unspecified atom stereocenters. The van der Waals surface area contributed by atoms with Gasteiger partial charge in [-0.2, -0.15) is 0 Å². The maximum absolute atomic E-state index is 13.4. The Morgan fingerprint density at radius 1 is 0.655 bits per heavy atom. The smallest absolute Gasteiger partial charge is 0.343 e. The number of ether oxygens (including phenoxy) is 3. The van der Waals surface area contributed by atoms with E-state index in [2.05, 4.69) is 0 Å². The van der Waals surface area contributed by atoms with Crippen molar-refractivity contribution in [3.05, 3.63) is 88.5 Å². The van der Waals surface area contributed by atoms with Crippen molar-refractivity contribution in [1.29, 1.82) is 0 Å². The third kappa shape index (κ3) is 2.95. The van der Waals surface area contributed by atoms with Crippen LogP contribution in [0.2, 0.25) is 0 Å². The summed E-state index contributed by atoms with van der Waals surface area (Å²) < 4.78 is 16.1. The molecular weight excluding hydrogens is 372 g/mol. The summed E-state index contributed by atoms with van der Waals surface area (Å²) in [7, 11) is 2.84. The van der Waals surface area contributed by atoms with E-state index in [-0.39, 0.29) is 39.5 Å². The Balaban J connectivity index is 1.85. The molecule has 0 heterocycles. The van der Waals surface area contributed by atoms with Gasteiger partial charge in [-0.15, -0.1) is 0 Å². The standard InChI is InChI=1S/C23H16O6/c1-27-15-11-12-16(28-2)20-19(15)21(24)14-9-6-10-17(18(14)22(20)25)29-23(26)13-7-4-3-5-8-13/h3-12H,1-2H3. The Morgan fingerprint density at radius 2 is 1.28 bits per heavy atom. The van der Waals surface area contributed by atoms with E-state index in [1.807, 2.05) is 0 Å². The predicted octanol–water partition coefficient (Wildman–Crippen LogP) is 3.70. The summed E-state index contributed by atoms with van der Waals surface area (Å²) in [5, 5.41) is 0. The average molecular weight is 388 g/mol. The topological polar surface area (TPSA) is 78.9 Å². The number of rotatable bonds is 4. The van der Waals surface area contributed by atoms with Crippen molar-refractivity contribution in [2.45, 2.75) is 0 Å². The highest BCUT2D eigenvalue weighted by molar-refractivity contribution is 6.31. The SMILES string of the molecule is COc1ccc(OC)c2c1C(=O)c1cccc(OC(=O)c3ccccc3)c1C2=O. The predicted molar refractivity (Wildman–Crippen MR) is 104 cm³/mol. The van der Waals surface area contributed by atoms with Crippen LogP contribution in [0.1, 0.15) is 42.2 Å². The molecule has 1 aliphatic carbocycles. The minimum Gasteiger partial charge on any atom is -0.496 e. The fourth-order valence-electron chi connectivity index (χ4n) is 3.39. The second-order valence-electron chi connectivity index (χ2n) is 6.31. The molecule has 3 aromatic carbocycles. The molecule has 6 nitrogen and oxygen atoms in total. The monoisotopic (exact) mass is 388 g/mol. The van der Waals surface area contributed by atoms with Crippen LogP contribution in [-0.2, 0) is 0 Å². The lowest BCUT2D eigenvalue weighted by Crippen LogP contribution is -2.24. The minimum atomic E-state index is -0.623. The van der Waals surface area contributed by atoms with Crippen molar-refractivity contribution >= 4 is 17.5 Å². The van der Waals surface area contributed by atoms with Gasteiger partial charge in [0.2, 0.25) is 5.78 Å². The molecule has 0 radical (unpaired) electrons. The highest BCUT2D eigenvalue weighted by atomic mass is 16.5. The van der Waals surface area contributed by atoms with Crippen LogP contribution in [0.15, 0.2) is 60.7 Å². The molecule has 1 aliphatic rings. The van der Waals surface area contributed by atoms with Gasteiger partial charge in [0, 0.05) is 5.56 Å². The van der Waals surface area contributed by atoms with Crippen LogP contribution in [0.5, 0.6) is 17.2 Å². The summed E-state index contributed by atoms with van der Waals surface area (Å²) in [6.07, 6.45) is 0. The number of methoxy groups -OCH3 is 2. The average Bonchev–Trinajstić information content (AvgIpc) is 2.76. The van der Waals surface area contributed by atoms with Gasteiger partial charge >= 0.3 is 5.97 Å². The number of hydrogen-bond acceptors (Lipinski definition) is 6. The zero-order valence-electron chi connectivity index (χ0n) is 15.7. The van der Waals surface area contributed by atoms with Crippen LogP contribution in [0.4, 0.5) is 0 Å². The Kier molecular flexibility index (Phi) is 4.60. The quantitative estimate of drug-likeness (QED) is 0.392. The zero-order valence-corrected chi connectivity index (χ0v) is 15.7. The molecule has 0 N–H and O–H groups in total. The molecule has 0 saturated carbocycles. The maximum Gasteiger partial charge on any atom is 0.343 e. The van der Waals surface area contributed by atoms with Crippen LogP contribution >= 0.6 is 0 Å². The molecule has 0 fully saturated rings. The molecule has 4 rings (SSSR count). The van der Waals surface area contributed by atoms with E-state index in [1.165, 1.54) is 26.4 Å². The second-order valence-corrected chi connectivity index (χ2v) is 6.31. The van der Waals surface area contributed by atoms with E-state index in [9.17, 15) is 14.4 Å². The number of carbonyl (C=O) groups is 3. The van der Waals surface area contributed by atoms with E-state index >= 15 is 0 Å². The normalized spacial score (nSPS) is 12.1. The van der Waals surface area contributed by atoms with Gasteiger partial charge in [0.25, 0.3) is 0 Å². The van der Waals surface area contributed by atoms with Gasteiger partial charge in [-0.1, -0.05) is 30.3 Å². The Labute approximate surface area is 166 Å². The van der Waals surface area contributed by atoms with E-state index in [1.54, 1.807) is 48.5 Å². The summed E-state index contributed by atoms with van der Waals surface area (Å²) in [5.74, 6) is -0.955. The summed E-state index contributed by atoms with van der Waals surface area (Å²) in [6.45, 7) is 0. The molecule has 0 saturated heterocycles. The molecule has 3 aromatic rings. The maximum atomic E-state index is 13.4. The first-order valence-electron chi connectivity index (χ1n) is 8.81. The van der Waals surface area contributed by atoms with Crippen LogP contribution in [0, 0.1) is 0 Å². The first kappa shape index (κ1) is 18.4. The fraction of sp³-hybridized carbons (Fsp3) is 0.0870. The number of carbonyl (C=O) groups excluding carboxylic acids is 3. The van der Waals surface area contributed by atoms with Crippen molar-refractivity contribution in [1.82, 2.24) is 0 Å². The lowest BCUT2D eigenvalue weighted by atomic mass is 9.82. The first-order chi connectivity index (χ1) is 14.1. The highest BCUT2D eigenvalue weighted by Crippen LogP contribution is 2.41. The van der Waals surface area contributed by atoms with Gasteiger partial charge in [0.1, 0.15) is 17.2 Å². The zero-order chi connectivity index (χ0) is 20.5. The lowest BCUT2D eigenvalue weighted by molar-refractivity contribution is 0.0731. The van der Waals surface area contributed by atoms with E-state index in [0.29, 0.717) is 5.56 Å². The van der Waals surface area contributed by atoms with Crippen molar-refractivity contribution in [2.75, 3.05) is 14.2 Å². The van der Waals surface area contributed by atoms with Crippen molar-refractivity contribution in [3.8, 4) is 17.2 Å². The highest BCUT2D eigenvalue weighted by Gasteiger charge is 2.37. The first-order valence-corrected chi connectivity index (χ1v) is 8.81. The minimum absolute atomic E-state index is 0.0187. The van der Waals surface area contributed by atoms with E-state index in [4.69, 9.17) is 14.2 Å². The molecule has 0 aliphatic heterocycles. The third-order valence-electron chi connectivity index (χ3n) is 4.73. The van der Waals surface area contributed by atoms with Gasteiger partial charge in [-0.3, -0.25) is 9.59 Å². The summed E-state index contributed by atoms with van der Waals surface area (Å²) in [6, 6.07) is 16.1. The molecule has 0 aromatic heterocycles. The summed E-state index contributed by atoms with van der Waals surface area (Å²) in [4.78, 5) is 39.0. The van der Waals surface area contributed by atoms with Crippen molar-refractivity contribution in [2.24, 2.45) is 0 Å². The molecule has 6 heteroatoms. The van der Waals surface area contributed by atoms with Gasteiger partial charge in [0.15, 0.2) is 5.78 Å². The molecule has 0 bridgehead atoms. The number of fused-ring (bicyclic) bond motifs is 2. The van der Waals surface area contributed by atoms with Crippen LogP contribution in [-0.4, -0.2) is 31.8 Å². The molecular formula is C23H16O6. The third-order valence-corrected chi connectivity index (χ3v) is 4.73. The van der Waals surface area contributed by atoms with E-state index in [0.717, 1.165) is 0 Å².